The average molecular weight is 385 g/mol. The molecule has 5 nitrogen and oxygen atoms in total. The van der Waals surface area contributed by atoms with E-state index in [4.69, 9.17) is 0 Å². The third-order valence-corrected chi connectivity index (χ3v) is 7.49. The zero-order valence-corrected chi connectivity index (χ0v) is 16.5. The SMILES string of the molecule is CC(=O)N1CCCc2cc(S(=O)(=O)N3c4ccccc4CCC3C)ccc21. The highest BCUT2D eigenvalue weighted by atomic mass is 32.2. The van der Waals surface area contributed by atoms with Gasteiger partial charge in [0, 0.05) is 25.2 Å². The summed E-state index contributed by atoms with van der Waals surface area (Å²) in [7, 11) is -3.67. The lowest BCUT2D eigenvalue weighted by molar-refractivity contribution is -0.116. The van der Waals surface area contributed by atoms with E-state index in [-0.39, 0.29) is 11.9 Å². The first-order chi connectivity index (χ1) is 12.9. The number of aryl methyl sites for hydroxylation is 2. The first-order valence-corrected chi connectivity index (χ1v) is 10.9. The zero-order valence-electron chi connectivity index (χ0n) is 15.7. The second-order valence-corrected chi connectivity index (χ2v) is 9.20. The Bertz CT molecular complexity index is 1000. The van der Waals surface area contributed by atoms with Gasteiger partial charge in [0.2, 0.25) is 5.91 Å². The summed E-state index contributed by atoms with van der Waals surface area (Å²) in [6.07, 6.45) is 3.33. The first kappa shape index (κ1) is 18.0. The third kappa shape index (κ3) is 3.02. The van der Waals surface area contributed by atoms with Crippen molar-refractivity contribution in [1.82, 2.24) is 0 Å². The van der Waals surface area contributed by atoms with Crippen molar-refractivity contribution in [2.24, 2.45) is 0 Å². The number of hydrogen-bond acceptors (Lipinski definition) is 3. The molecule has 0 radical (unpaired) electrons. The summed E-state index contributed by atoms with van der Waals surface area (Å²) < 4.78 is 28.6. The minimum Gasteiger partial charge on any atom is -0.312 e. The molecule has 1 amide bonds. The Labute approximate surface area is 160 Å². The van der Waals surface area contributed by atoms with Crippen LogP contribution in [0.4, 0.5) is 11.4 Å². The van der Waals surface area contributed by atoms with Crippen LogP contribution in [-0.4, -0.2) is 26.9 Å². The summed E-state index contributed by atoms with van der Waals surface area (Å²) in [5.41, 5.74) is 3.61. The van der Waals surface area contributed by atoms with Crippen LogP contribution >= 0.6 is 0 Å². The summed E-state index contributed by atoms with van der Waals surface area (Å²) in [5.74, 6) is -0.00913. The van der Waals surface area contributed by atoms with E-state index in [1.54, 1.807) is 34.3 Å². The molecule has 0 saturated carbocycles. The number of sulfonamides is 1. The van der Waals surface area contributed by atoms with Crippen molar-refractivity contribution in [2.45, 2.75) is 50.5 Å². The van der Waals surface area contributed by atoms with Crippen molar-refractivity contribution in [2.75, 3.05) is 15.7 Å². The number of hydrogen-bond donors (Lipinski definition) is 0. The van der Waals surface area contributed by atoms with Crippen LogP contribution in [0.1, 0.15) is 37.8 Å². The topological polar surface area (TPSA) is 57.7 Å². The second-order valence-electron chi connectivity index (χ2n) is 7.38. The van der Waals surface area contributed by atoms with E-state index in [2.05, 4.69) is 0 Å². The standard InChI is InChI=1S/C21H24N2O3S/c1-15-9-10-17-6-3-4-8-21(17)23(15)27(25,26)19-11-12-20-18(14-19)7-5-13-22(20)16(2)24/h3-4,6,8,11-12,14-15H,5,7,9-10,13H2,1-2H3. The molecule has 27 heavy (non-hydrogen) atoms. The Morgan fingerprint density at radius 3 is 2.59 bits per heavy atom. The fourth-order valence-corrected chi connectivity index (χ4v) is 5.97. The molecule has 0 aliphatic carbocycles. The summed E-state index contributed by atoms with van der Waals surface area (Å²) in [5, 5.41) is 0. The number of rotatable bonds is 2. The molecule has 0 fully saturated rings. The molecule has 1 atom stereocenters. The van der Waals surface area contributed by atoms with Crippen molar-refractivity contribution in [1.29, 1.82) is 0 Å². The molecule has 0 spiro atoms. The maximum atomic E-state index is 13.5. The van der Waals surface area contributed by atoms with Gasteiger partial charge in [-0.05, 0) is 68.0 Å². The number of carbonyl (C=O) groups is 1. The number of anilines is 2. The van der Waals surface area contributed by atoms with Crippen LogP contribution < -0.4 is 9.21 Å². The van der Waals surface area contributed by atoms with Gasteiger partial charge in [-0.1, -0.05) is 18.2 Å². The third-order valence-electron chi connectivity index (χ3n) is 5.57. The largest absolute Gasteiger partial charge is 0.312 e. The Hall–Kier alpha value is -2.34. The van der Waals surface area contributed by atoms with Gasteiger partial charge in [-0.2, -0.15) is 0 Å². The molecule has 6 heteroatoms. The lowest BCUT2D eigenvalue weighted by Crippen LogP contribution is -2.42. The molecule has 0 N–H and O–H groups in total. The van der Waals surface area contributed by atoms with E-state index >= 15 is 0 Å². The minimum absolute atomic E-state index is 0.00913. The van der Waals surface area contributed by atoms with E-state index in [1.165, 1.54) is 0 Å². The van der Waals surface area contributed by atoms with Gasteiger partial charge in [-0.15, -0.1) is 0 Å². The van der Waals surface area contributed by atoms with Crippen molar-refractivity contribution < 1.29 is 13.2 Å². The number of nitrogens with zero attached hydrogens (tertiary/aromatic N) is 2. The van der Waals surface area contributed by atoms with Crippen molar-refractivity contribution in [3.05, 3.63) is 53.6 Å². The average Bonchev–Trinajstić information content (AvgIpc) is 2.66. The zero-order chi connectivity index (χ0) is 19.2. The number of amides is 1. The van der Waals surface area contributed by atoms with Crippen LogP contribution in [0.25, 0.3) is 0 Å². The van der Waals surface area contributed by atoms with E-state index in [0.717, 1.165) is 48.2 Å². The molecule has 2 heterocycles. The van der Waals surface area contributed by atoms with E-state index in [1.807, 2.05) is 31.2 Å². The van der Waals surface area contributed by atoms with Crippen molar-refractivity contribution in [3.63, 3.8) is 0 Å². The van der Waals surface area contributed by atoms with Gasteiger partial charge in [0.15, 0.2) is 0 Å². The number of para-hydroxylation sites is 1. The lowest BCUT2D eigenvalue weighted by Gasteiger charge is -2.36. The molecule has 1 unspecified atom stereocenters. The quantitative estimate of drug-likeness (QED) is 0.796. The molecule has 2 aromatic carbocycles. The van der Waals surface area contributed by atoms with E-state index < -0.39 is 10.0 Å². The van der Waals surface area contributed by atoms with Crippen LogP contribution in [0.2, 0.25) is 0 Å². The molecule has 4 rings (SSSR count). The van der Waals surface area contributed by atoms with Crippen LogP contribution in [0, 0.1) is 0 Å². The molecule has 2 aliphatic rings. The minimum atomic E-state index is -3.67. The molecule has 2 aliphatic heterocycles. The van der Waals surface area contributed by atoms with Crippen molar-refractivity contribution in [3.8, 4) is 0 Å². The number of carbonyl (C=O) groups excluding carboxylic acids is 1. The predicted molar refractivity (Wildman–Crippen MR) is 107 cm³/mol. The van der Waals surface area contributed by atoms with Gasteiger partial charge >= 0.3 is 0 Å². The predicted octanol–water partition coefficient (Wildman–Crippen LogP) is 3.52. The van der Waals surface area contributed by atoms with Gasteiger partial charge in [0.25, 0.3) is 10.0 Å². The Morgan fingerprint density at radius 1 is 1.04 bits per heavy atom. The Morgan fingerprint density at radius 2 is 1.81 bits per heavy atom. The van der Waals surface area contributed by atoms with Crippen molar-refractivity contribution >= 4 is 27.3 Å². The lowest BCUT2D eigenvalue weighted by atomic mass is 9.99. The summed E-state index contributed by atoms with van der Waals surface area (Å²) in [4.78, 5) is 13.9. The van der Waals surface area contributed by atoms with Gasteiger partial charge in [-0.25, -0.2) is 8.42 Å². The summed E-state index contributed by atoms with van der Waals surface area (Å²) in [6.45, 7) is 4.19. The summed E-state index contributed by atoms with van der Waals surface area (Å²) >= 11 is 0. The van der Waals surface area contributed by atoms with Crippen LogP contribution in [-0.2, 0) is 27.7 Å². The highest BCUT2D eigenvalue weighted by Crippen LogP contribution is 2.37. The van der Waals surface area contributed by atoms with Gasteiger partial charge in [0.05, 0.1) is 10.6 Å². The first-order valence-electron chi connectivity index (χ1n) is 9.43. The Balaban J connectivity index is 1.78. The van der Waals surface area contributed by atoms with Gasteiger partial charge in [0.1, 0.15) is 0 Å². The fraction of sp³-hybridized carbons (Fsp3) is 0.381. The molecule has 2 aromatic rings. The maximum Gasteiger partial charge on any atom is 0.264 e. The summed E-state index contributed by atoms with van der Waals surface area (Å²) in [6, 6.07) is 12.8. The highest BCUT2D eigenvalue weighted by Gasteiger charge is 2.34. The molecule has 142 valence electrons. The number of fused-ring (bicyclic) bond motifs is 2. The number of benzene rings is 2. The Kier molecular flexibility index (Phi) is 4.46. The molecule has 0 saturated heterocycles. The van der Waals surface area contributed by atoms with Crippen LogP contribution in [0.3, 0.4) is 0 Å². The molecular weight excluding hydrogens is 360 g/mol. The normalized spacial score (nSPS) is 19.4. The second kappa shape index (κ2) is 6.68. The maximum absolute atomic E-state index is 13.5. The molecule has 0 aromatic heterocycles. The highest BCUT2D eigenvalue weighted by molar-refractivity contribution is 7.92. The molecular formula is C21H24N2O3S. The van der Waals surface area contributed by atoms with Gasteiger partial charge < -0.3 is 4.90 Å². The molecule has 0 bridgehead atoms. The van der Waals surface area contributed by atoms with E-state index in [9.17, 15) is 13.2 Å². The van der Waals surface area contributed by atoms with E-state index in [0.29, 0.717) is 11.4 Å². The smallest absolute Gasteiger partial charge is 0.264 e. The monoisotopic (exact) mass is 384 g/mol. The van der Waals surface area contributed by atoms with Crippen LogP contribution in [0.15, 0.2) is 47.4 Å². The van der Waals surface area contributed by atoms with Gasteiger partial charge in [-0.3, -0.25) is 9.10 Å². The van der Waals surface area contributed by atoms with Crippen LogP contribution in [0.5, 0.6) is 0 Å². The fourth-order valence-electron chi connectivity index (χ4n) is 4.20.